The van der Waals surface area contributed by atoms with Crippen molar-refractivity contribution in [2.45, 2.75) is 19.4 Å². The molecule has 1 unspecified atom stereocenters. The molecule has 1 heterocycles. The van der Waals surface area contributed by atoms with Gasteiger partial charge in [-0.05, 0) is 42.7 Å². The molecular formula is C15H19N3O. The second-order valence-electron chi connectivity index (χ2n) is 4.39. The first kappa shape index (κ1) is 13.4. The van der Waals surface area contributed by atoms with Crippen LogP contribution in [0.3, 0.4) is 0 Å². The molecule has 100 valence electrons. The topological polar surface area (TPSA) is 74.2 Å². The van der Waals surface area contributed by atoms with Crippen LogP contribution in [0.1, 0.15) is 24.1 Å². The van der Waals surface area contributed by atoms with E-state index in [4.69, 9.17) is 16.2 Å². The van der Waals surface area contributed by atoms with Gasteiger partial charge in [0.15, 0.2) is 0 Å². The molecular weight excluding hydrogens is 238 g/mol. The van der Waals surface area contributed by atoms with Gasteiger partial charge in [-0.25, -0.2) is 0 Å². The van der Waals surface area contributed by atoms with E-state index in [2.05, 4.69) is 4.98 Å². The smallest absolute Gasteiger partial charge is 0.119 e. The van der Waals surface area contributed by atoms with Gasteiger partial charge in [0.25, 0.3) is 0 Å². The van der Waals surface area contributed by atoms with E-state index in [0.29, 0.717) is 13.0 Å². The molecule has 0 saturated heterocycles. The van der Waals surface area contributed by atoms with Gasteiger partial charge in [0, 0.05) is 24.1 Å². The van der Waals surface area contributed by atoms with E-state index >= 15 is 0 Å². The summed E-state index contributed by atoms with van der Waals surface area (Å²) < 4.78 is 5.48. The number of aromatic nitrogens is 1. The van der Waals surface area contributed by atoms with Gasteiger partial charge < -0.3 is 16.2 Å². The van der Waals surface area contributed by atoms with Crippen LogP contribution in [0.25, 0.3) is 0 Å². The molecule has 4 N–H and O–H groups in total. The second-order valence-corrected chi connectivity index (χ2v) is 4.39. The maximum Gasteiger partial charge on any atom is 0.119 e. The van der Waals surface area contributed by atoms with Crippen LogP contribution in [0.15, 0.2) is 42.7 Å². The fourth-order valence-corrected chi connectivity index (χ4v) is 1.96. The Morgan fingerprint density at radius 3 is 2.89 bits per heavy atom. The molecule has 1 aromatic carbocycles. The molecule has 2 rings (SSSR count). The fourth-order valence-electron chi connectivity index (χ4n) is 1.96. The van der Waals surface area contributed by atoms with Gasteiger partial charge >= 0.3 is 0 Å². The minimum absolute atomic E-state index is 0.119. The Hall–Kier alpha value is -2.07. The summed E-state index contributed by atoms with van der Waals surface area (Å²) in [4.78, 5) is 4.08. The molecule has 0 fully saturated rings. The van der Waals surface area contributed by atoms with Crippen molar-refractivity contribution in [3.05, 3.63) is 53.9 Å². The zero-order chi connectivity index (χ0) is 13.7. The first-order valence-electron chi connectivity index (χ1n) is 6.37. The lowest BCUT2D eigenvalue weighted by molar-refractivity contribution is 0.339. The number of anilines is 1. The van der Waals surface area contributed by atoms with Gasteiger partial charge in [0.1, 0.15) is 5.75 Å². The molecule has 0 amide bonds. The van der Waals surface area contributed by atoms with E-state index in [1.54, 1.807) is 18.5 Å². The summed E-state index contributed by atoms with van der Waals surface area (Å²) >= 11 is 0. The molecule has 4 heteroatoms. The Labute approximate surface area is 113 Å². The Morgan fingerprint density at radius 1 is 1.32 bits per heavy atom. The maximum absolute atomic E-state index is 6.22. The van der Waals surface area contributed by atoms with Gasteiger partial charge in [0.05, 0.1) is 6.61 Å². The van der Waals surface area contributed by atoms with Gasteiger partial charge in [-0.1, -0.05) is 12.1 Å². The lowest BCUT2D eigenvalue weighted by Gasteiger charge is -2.14. The van der Waals surface area contributed by atoms with E-state index in [-0.39, 0.29) is 6.04 Å². The average molecular weight is 257 g/mol. The molecule has 0 radical (unpaired) electrons. The van der Waals surface area contributed by atoms with Gasteiger partial charge in [-0.3, -0.25) is 4.98 Å². The number of nitrogens with zero attached hydrogens (tertiary/aromatic N) is 1. The van der Waals surface area contributed by atoms with E-state index in [9.17, 15) is 0 Å². The molecule has 0 aliphatic heterocycles. The predicted molar refractivity (Wildman–Crippen MR) is 76.9 cm³/mol. The Bertz CT molecular complexity index is 542. The summed E-state index contributed by atoms with van der Waals surface area (Å²) in [6.07, 6.45) is 4.11. The summed E-state index contributed by atoms with van der Waals surface area (Å²) in [5.74, 6) is 0.842. The average Bonchev–Trinajstić information content (AvgIpc) is 2.42. The second kappa shape index (κ2) is 6.20. The highest BCUT2D eigenvalue weighted by atomic mass is 16.5. The molecule has 0 aliphatic carbocycles. The summed E-state index contributed by atoms with van der Waals surface area (Å²) in [5.41, 5.74) is 14.9. The number of nitrogens with two attached hydrogens (primary N) is 2. The van der Waals surface area contributed by atoms with Crippen LogP contribution in [-0.4, -0.2) is 11.6 Å². The summed E-state index contributed by atoms with van der Waals surface area (Å²) in [5, 5.41) is 0. The van der Waals surface area contributed by atoms with Crippen LogP contribution in [0.5, 0.6) is 5.75 Å². The molecule has 1 atom stereocenters. The van der Waals surface area contributed by atoms with Crippen LogP contribution in [0, 0.1) is 0 Å². The zero-order valence-electron chi connectivity index (χ0n) is 11.0. The van der Waals surface area contributed by atoms with Crippen LogP contribution in [-0.2, 0) is 6.42 Å². The fraction of sp³-hybridized carbons (Fsp3) is 0.267. The first-order chi connectivity index (χ1) is 9.20. The largest absolute Gasteiger partial charge is 0.494 e. The van der Waals surface area contributed by atoms with Crippen molar-refractivity contribution >= 4 is 5.69 Å². The van der Waals surface area contributed by atoms with E-state index < -0.39 is 0 Å². The van der Waals surface area contributed by atoms with Gasteiger partial charge in [-0.2, -0.15) is 0 Å². The monoisotopic (exact) mass is 257 g/mol. The lowest BCUT2D eigenvalue weighted by atomic mass is 10.00. The predicted octanol–water partition coefficient (Wildman–Crippen LogP) is 2.30. The Morgan fingerprint density at radius 2 is 2.16 bits per heavy atom. The molecule has 0 bridgehead atoms. The molecule has 0 spiro atoms. The third-order valence-electron chi connectivity index (χ3n) is 2.98. The molecule has 0 saturated carbocycles. The molecule has 1 aromatic heterocycles. The third-order valence-corrected chi connectivity index (χ3v) is 2.98. The summed E-state index contributed by atoms with van der Waals surface area (Å²) in [7, 11) is 0. The van der Waals surface area contributed by atoms with Gasteiger partial charge in [-0.15, -0.1) is 0 Å². The van der Waals surface area contributed by atoms with Crippen LogP contribution in [0.2, 0.25) is 0 Å². The van der Waals surface area contributed by atoms with Gasteiger partial charge in [0.2, 0.25) is 0 Å². The normalized spacial score (nSPS) is 12.1. The summed E-state index contributed by atoms with van der Waals surface area (Å²) in [6.45, 7) is 2.61. The van der Waals surface area contributed by atoms with Crippen molar-refractivity contribution in [1.82, 2.24) is 4.98 Å². The molecule has 19 heavy (non-hydrogen) atoms. The SMILES string of the molecule is CCOc1cccc(C(N)Cc2cnccc2N)c1. The molecule has 0 aliphatic rings. The van der Waals surface area contributed by atoms with E-state index in [1.807, 2.05) is 31.2 Å². The van der Waals surface area contributed by atoms with Crippen molar-refractivity contribution in [3.8, 4) is 5.75 Å². The molecule has 2 aromatic rings. The Kier molecular flexibility index (Phi) is 4.36. The highest BCUT2D eigenvalue weighted by Gasteiger charge is 2.10. The number of benzene rings is 1. The van der Waals surface area contributed by atoms with E-state index in [1.165, 1.54) is 0 Å². The third kappa shape index (κ3) is 3.45. The first-order valence-corrected chi connectivity index (χ1v) is 6.37. The zero-order valence-corrected chi connectivity index (χ0v) is 11.0. The quantitative estimate of drug-likeness (QED) is 0.862. The minimum atomic E-state index is -0.119. The standard InChI is InChI=1S/C15H19N3O/c1-2-19-13-5-3-4-11(8-13)15(17)9-12-10-18-7-6-14(12)16/h3-8,10,15H,2,9,17H2,1H3,(H2,16,18). The number of nitrogen functional groups attached to an aromatic ring is 1. The van der Waals surface area contributed by atoms with Crippen molar-refractivity contribution in [1.29, 1.82) is 0 Å². The van der Waals surface area contributed by atoms with Crippen LogP contribution >= 0.6 is 0 Å². The van der Waals surface area contributed by atoms with Crippen molar-refractivity contribution < 1.29 is 4.74 Å². The summed E-state index contributed by atoms with van der Waals surface area (Å²) in [6, 6.07) is 9.52. The van der Waals surface area contributed by atoms with Crippen LogP contribution < -0.4 is 16.2 Å². The van der Waals surface area contributed by atoms with Crippen LogP contribution in [0.4, 0.5) is 5.69 Å². The van der Waals surface area contributed by atoms with Crippen molar-refractivity contribution in [2.75, 3.05) is 12.3 Å². The van der Waals surface area contributed by atoms with E-state index in [0.717, 1.165) is 22.6 Å². The highest BCUT2D eigenvalue weighted by molar-refractivity contribution is 5.45. The number of hydrogen-bond acceptors (Lipinski definition) is 4. The Balaban J connectivity index is 2.13. The number of hydrogen-bond donors (Lipinski definition) is 2. The van der Waals surface area contributed by atoms with Crippen molar-refractivity contribution in [3.63, 3.8) is 0 Å². The molecule has 4 nitrogen and oxygen atoms in total. The number of ether oxygens (including phenoxy) is 1. The lowest BCUT2D eigenvalue weighted by Crippen LogP contribution is -2.14. The maximum atomic E-state index is 6.22. The van der Waals surface area contributed by atoms with Crippen molar-refractivity contribution in [2.24, 2.45) is 5.73 Å². The number of pyridine rings is 1. The minimum Gasteiger partial charge on any atom is -0.494 e. The highest BCUT2D eigenvalue weighted by Crippen LogP contribution is 2.22. The number of rotatable bonds is 5.